The summed E-state index contributed by atoms with van der Waals surface area (Å²) in [5.41, 5.74) is 3.38. The fraction of sp³-hybridized carbons (Fsp3) is 0.704. The van der Waals surface area contributed by atoms with Gasteiger partial charge in [-0.25, -0.2) is 0 Å². The molecule has 2 N–H and O–H groups in total. The third-order valence-electron chi connectivity index (χ3n) is 9.41. The van der Waals surface area contributed by atoms with Crippen molar-refractivity contribution < 1.29 is 9.59 Å². The Morgan fingerprint density at radius 1 is 1.16 bits per heavy atom. The standard InChI is InChI=1S/C27H40N2O2/c1-16(2)15-24(30)29-23-12-14-27(5)21-11-13-26(4)19(17(3)28-6)9-10-20(26)18(21)7-8-22(27)25(23)31/h9,12,15,17-18,20-22,28H,7-8,10-11,13-14H2,1-6H3,(H,29,30)/t17-,18-,20-,21-,22-,26+,27+/m0/s1. The topological polar surface area (TPSA) is 58.2 Å². The first-order valence-electron chi connectivity index (χ1n) is 12.2. The van der Waals surface area contributed by atoms with Crippen molar-refractivity contribution >= 4 is 11.7 Å². The normalized spacial score (nSPS) is 40.0. The quantitative estimate of drug-likeness (QED) is 0.497. The summed E-state index contributed by atoms with van der Waals surface area (Å²) in [7, 11) is 2.06. The van der Waals surface area contributed by atoms with Crippen molar-refractivity contribution in [1.29, 1.82) is 0 Å². The predicted molar refractivity (Wildman–Crippen MR) is 125 cm³/mol. The minimum Gasteiger partial charge on any atom is -0.320 e. The van der Waals surface area contributed by atoms with E-state index in [4.69, 9.17) is 0 Å². The molecular formula is C27H40N2O2. The molecule has 0 heterocycles. The highest BCUT2D eigenvalue weighted by atomic mass is 16.2. The lowest BCUT2D eigenvalue weighted by atomic mass is 9.45. The fourth-order valence-electron chi connectivity index (χ4n) is 7.76. The van der Waals surface area contributed by atoms with Crippen molar-refractivity contribution in [2.75, 3.05) is 7.05 Å². The van der Waals surface area contributed by atoms with Crippen LogP contribution in [-0.4, -0.2) is 24.8 Å². The van der Waals surface area contributed by atoms with E-state index in [2.05, 4.69) is 44.5 Å². The summed E-state index contributed by atoms with van der Waals surface area (Å²) in [6.07, 6.45) is 12.7. The van der Waals surface area contributed by atoms with E-state index in [1.54, 1.807) is 11.6 Å². The molecule has 0 aromatic heterocycles. The molecule has 0 unspecified atom stereocenters. The summed E-state index contributed by atoms with van der Waals surface area (Å²) in [5.74, 6) is 2.00. The second kappa shape index (κ2) is 8.03. The zero-order valence-corrected chi connectivity index (χ0v) is 20.2. The largest absolute Gasteiger partial charge is 0.320 e. The van der Waals surface area contributed by atoms with E-state index >= 15 is 0 Å². The number of allylic oxidation sites excluding steroid dienone is 4. The van der Waals surface area contributed by atoms with Crippen LogP contribution in [-0.2, 0) is 9.59 Å². The van der Waals surface area contributed by atoms with Crippen molar-refractivity contribution in [2.24, 2.45) is 34.5 Å². The number of amides is 1. The Bertz CT molecular complexity index is 864. The van der Waals surface area contributed by atoms with Crippen LogP contribution in [0.1, 0.15) is 73.1 Å². The van der Waals surface area contributed by atoms with Gasteiger partial charge < -0.3 is 10.6 Å². The van der Waals surface area contributed by atoms with Gasteiger partial charge in [-0.2, -0.15) is 0 Å². The zero-order chi connectivity index (χ0) is 22.6. The molecule has 0 saturated heterocycles. The van der Waals surface area contributed by atoms with Crippen LogP contribution in [0.5, 0.6) is 0 Å². The molecule has 4 aliphatic carbocycles. The van der Waals surface area contributed by atoms with Crippen LogP contribution in [0.4, 0.5) is 0 Å². The molecule has 0 aromatic rings. The average Bonchev–Trinajstić information content (AvgIpc) is 3.06. The molecule has 4 aliphatic rings. The van der Waals surface area contributed by atoms with E-state index in [1.165, 1.54) is 19.3 Å². The van der Waals surface area contributed by atoms with Crippen LogP contribution in [0, 0.1) is 34.5 Å². The Labute approximate surface area is 188 Å². The summed E-state index contributed by atoms with van der Waals surface area (Å²) in [4.78, 5) is 25.6. The highest BCUT2D eigenvalue weighted by molar-refractivity contribution is 6.03. The molecule has 0 aromatic carbocycles. The third kappa shape index (κ3) is 3.55. The fourth-order valence-corrected chi connectivity index (χ4v) is 7.76. The molecule has 4 heteroatoms. The molecule has 0 spiro atoms. The van der Waals surface area contributed by atoms with Gasteiger partial charge in [-0.05, 0) is 94.9 Å². The Morgan fingerprint density at radius 3 is 2.58 bits per heavy atom. The van der Waals surface area contributed by atoms with E-state index in [9.17, 15) is 9.59 Å². The maximum Gasteiger partial charge on any atom is 0.248 e. The van der Waals surface area contributed by atoms with Gasteiger partial charge in [0.2, 0.25) is 5.91 Å². The molecule has 2 saturated carbocycles. The molecule has 0 bridgehead atoms. The minimum absolute atomic E-state index is 0.0173. The Morgan fingerprint density at radius 2 is 1.90 bits per heavy atom. The van der Waals surface area contributed by atoms with Gasteiger partial charge in [0.15, 0.2) is 5.78 Å². The lowest BCUT2D eigenvalue weighted by molar-refractivity contribution is -0.138. The first-order chi connectivity index (χ1) is 14.6. The van der Waals surface area contributed by atoms with Crippen molar-refractivity contribution in [3.63, 3.8) is 0 Å². The number of ketones is 1. The zero-order valence-electron chi connectivity index (χ0n) is 20.2. The van der Waals surface area contributed by atoms with Crippen LogP contribution in [0.15, 0.2) is 35.1 Å². The highest BCUT2D eigenvalue weighted by Gasteiger charge is 2.59. The number of nitrogens with one attached hydrogen (secondary N) is 2. The number of carbonyl (C=O) groups is 2. The SMILES string of the molecule is CN[C@@H](C)C1=CC[C@H]2[C@@H]3CC[C@H]4C(=O)C(NC(=O)C=C(C)C)=CC[C@]4(C)[C@H]3CC[C@]12C. The smallest absolute Gasteiger partial charge is 0.248 e. The highest BCUT2D eigenvalue weighted by Crippen LogP contribution is 2.65. The number of rotatable bonds is 4. The molecule has 1 amide bonds. The first-order valence-corrected chi connectivity index (χ1v) is 12.2. The summed E-state index contributed by atoms with van der Waals surface area (Å²) in [5, 5.41) is 6.34. The number of hydrogen-bond donors (Lipinski definition) is 2. The van der Waals surface area contributed by atoms with E-state index < -0.39 is 0 Å². The molecule has 7 atom stereocenters. The molecule has 2 fully saturated rings. The number of carbonyl (C=O) groups excluding carboxylic acids is 2. The number of Topliss-reactive ketones (excluding diaryl/α,β-unsaturated/α-hetero) is 1. The van der Waals surface area contributed by atoms with Crippen molar-refractivity contribution in [3.05, 3.63) is 35.1 Å². The van der Waals surface area contributed by atoms with Crippen LogP contribution < -0.4 is 10.6 Å². The Kier molecular flexibility index (Phi) is 5.83. The maximum atomic E-state index is 13.4. The predicted octanol–water partition coefficient (Wildman–Crippen LogP) is 4.93. The van der Waals surface area contributed by atoms with Crippen molar-refractivity contribution in [1.82, 2.24) is 10.6 Å². The maximum absolute atomic E-state index is 13.4. The number of likely N-dealkylation sites (N-methyl/N-ethyl adjacent to an activating group) is 1. The third-order valence-corrected chi connectivity index (χ3v) is 9.41. The van der Waals surface area contributed by atoms with Crippen LogP contribution in [0.3, 0.4) is 0 Å². The van der Waals surface area contributed by atoms with Crippen LogP contribution in [0.25, 0.3) is 0 Å². The van der Waals surface area contributed by atoms with E-state index in [0.29, 0.717) is 34.9 Å². The number of hydrogen-bond acceptors (Lipinski definition) is 3. The molecular weight excluding hydrogens is 384 g/mol. The summed E-state index contributed by atoms with van der Waals surface area (Å²) in [6, 6.07) is 0.435. The van der Waals surface area contributed by atoms with Gasteiger partial charge in [-0.15, -0.1) is 0 Å². The molecule has 31 heavy (non-hydrogen) atoms. The lowest BCUT2D eigenvalue weighted by Crippen LogP contribution is -2.55. The monoisotopic (exact) mass is 424 g/mol. The van der Waals surface area contributed by atoms with E-state index in [1.807, 2.05) is 19.9 Å². The van der Waals surface area contributed by atoms with Crippen LogP contribution in [0.2, 0.25) is 0 Å². The van der Waals surface area contributed by atoms with E-state index in [-0.39, 0.29) is 23.0 Å². The Balaban J connectivity index is 1.56. The second-order valence-electron chi connectivity index (χ2n) is 11.3. The van der Waals surface area contributed by atoms with E-state index in [0.717, 1.165) is 24.8 Å². The van der Waals surface area contributed by atoms with Crippen molar-refractivity contribution in [3.8, 4) is 0 Å². The molecule has 4 nitrogen and oxygen atoms in total. The summed E-state index contributed by atoms with van der Waals surface area (Å²) >= 11 is 0. The van der Waals surface area contributed by atoms with Gasteiger partial charge >= 0.3 is 0 Å². The second-order valence-corrected chi connectivity index (χ2v) is 11.3. The number of fused-ring (bicyclic) bond motifs is 5. The summed E-state index contributed by atoms with van der Waals surface area (Å²) in [6.45, 7) is 10.9. The van der Waals surface area contributed by atoms with Gasteiger partial charge in [-0.3, -0.25) is 9.59 Å². The van der Waals surface area contributed by atoms with Gasteiger partial charge in [0, 0.05) is 18.0 Å². The molecule has 4 rings (SSSR count). The summed E-state index contributed by atoms with van der Waals surface area (Å²) < 4.78 is 0. The first kappa shape index (κ1) is 22.5. The lowest BCUT2D eigenvalue weighted by Gasteiger charge is -2.59. The van der Waals surface area contributed by atoms with Crippen LogP contribution >= 0.6 is 0 Å². The Hall–Kier alpha value is -1.68. The average molecular weight is 425 g/mol. The van der Waals surface area contributed by atoms with Gasteiger partial charge in [-0.1, -0.05) is 37.1 Å². The van der Waals surface area contributed by atoms with Crippen molar-refractivity contribution in [2.45, 2.75) is 79.2 Å². The molecule has 170 valence electrons. The van der Waals surface area contributed by atoms with Gasteiger partial charge in [0.25, 0.3) is 0 Å². The van der Waals surface area contributed by atoms with Gasteiger partial charge in [0.05, 0.1) is 5.70 Å². The molecule has 0 radical (unpaired) electrons. The van der Waals surface area contributed by atoms with Gasteiger partial charge in [0.1, 0.15) is 0 Å². The minimum atomic E-state index is -0.187. The molecule has 0 aliphatic heterocycles.